The van der Waals surface area contributed by atoms with Crippen LogP contribution in [0, 0.1) is 0 Å². The number of nitrogens with zero attached hydrogens (tertiary/aromatic N) is 2. The van der Waals surface area contributed by atoms with E-state index in [0.717, 1.165) is 18.0 Å². The van der Waals surface area contributed by atoms with Crippen molar-refractivity contribution in [1.29, 1.82) is 0 Å². The molecule has 2 atom stereocenters. The number of H-pyrrole nitrogens is 1. The SMILES string of the molecule is CC(NC1CCSc2ccccc21)c1ncn[nH]1. The minimum Gasteiger partial charge on any atom is -0.301 e. The van der Waals surface area contributed by atoms with Gasteiger partial charge >= 0.3 is 0 Å². The third kappa shape index (κ3) is 2.28. The van der Waals surface area contributed by atoms with Crippen LogP contribution in [0.1, 0.15) is 36.8 Å². The molecule has 2 heterocycles. The van der Waals surface area contributed by atoms with Gasteiger partial charge in [0, 0.05) is 10.9 Å². The Labute approximate surface area is 111 Å². The third-order valence-electron chi connectivity index (χ3n) is 3.25. The molecule has 2 unspecified atom stereocenters. The van der Waals surface area contributed by atoms with E-state index in [1.54, 1.807) is 6.33 Å². The van der Waals surface area contributed by atoms with Gasteiger partial charge in [-0.2, -0.15) is 5.10 Å². The number of benzene rings is 1. The van der Waals surface area contributed by atoms with Gasteiger partial charge in [-0.25, -0.2) is 4.98 Å². The molecule has 94 valence electrons. The molecule has 1 aromatic heterocycles. The number of nitrogens with one attached hydrogen (secondary N) is 2. The molecular weight excluding hydrogens is 244 g/mol. The summed E-state index contributed by atoms with van der Waals surface area (Å²) in [6.45, 7) is 2.12. The zero-order valence-electron chi connectivity index (χ0n) is 10.3. The van der Waals surface area contributed by atoms with E-state index in [1.807, 2.05) is 11.8 Å². The van der Waals surface area contributed by atoms with Crippen LogP contribution in [0.5, 0.6) is 0 Å². The monoisotopic (exact) mass is 260 g/mol. The van der Waals surface area contributed by atoms with Crippen LogP contribution in [0.2, 0.25) is 0 Å². The summed E-state index contributed by atoms with van der Waals surface area (Å²) >= 11 is 1.94. The van der Waals surface area contributed by atoms with Crippen molar-refractivity contribution in [3.63, 3.8) is 0 Å². The topological polar surface area (TPSA) is 53.6 Å². The number of thioether (sulfide) groups is 1. The smallest absolute Gasteiger partial charge is 0.141 e. The van der Waals surface area contributed by atoms with Crippen molar-refractivity contribution in [3.8, 4) is 0 Å². The summed E-state index contributed by atoms with van der Waals surface area (Å²) in [5.41, 5.74) is 1.40. The maximum atomic E-state index is 4.20. The lowest BCUT2D eigenvalue weighted by Gasteiger charge is -2.28. The molecule has 2 N–H and O–H groups in total. The van der Waals surface area contributed by atoms with Crippen molar-refractivity contribution >= 4 is 11.8 Å². The molecule has 1 aliphatic rings. The molecule has 0 saturated carbocycles. The maximum Gasteiger partial charge on any atom is 0.141 e. The van der Waals surface area contributed by atoms with Gasteiger partial charge in [0.2, 0.25) is 0 Å². The summed E-state index contributed by atoms with van der Waals surface area (Å²) in [7, 11) is 0. The van der Waals surface area contributed by atoms with Crippen LogP contribution in [0.4, 0.5) is 0 Å². The highest BCUT2D eigenvalue weighted by molar-refractivity contribution is 7.99. The van der Waals surface area contributed by atoms with Gasteiger partial charge in [-0.15, -0.1) is 11.8 Å². The number of rotatable bonds is 3. The van der Waals surface area contributed by atoms with E-state index in [4.69, 9.17) is 0 Å². The Morgan fingerprint density at radius 3 is 3.17 bits per heavy atom. The van der Waals surface area contributed by atoms with Crippen molar-refractivity contribution < 1.29 is 0 Å². The van der Waals surface area contributed by atoms with E-state index in [1.165, 1.54) is 10.5 Å². The zero-order chi connectivity index (χ0) is 12.4. The van der Waals surface area contributed by atoms with Crippen LogP contribution in [-0.2, 0) is 0 Å². The van der Waals surface area contributed by atoms with Crippen molar-refractivity contribution in [2.45, 2.75) is 30.3 Å². The van der Waals surface area contributed by atoms with Crippen molar-refractivity contribution in [2.75, 3.05) is 5.75 Å². The third-order valence-corrected chi connectivity index (χ3v) is 4.38. The highest BCUT2D eigenvalue weighted by Gasteiger charge is 2.22. The number of hydrogen-bond acceptors (Lipinski definition) is 4. The summed E-state index contributed by atoms with van der Waals surface area (Å²) in [5, 5.41) is 10.5. The van der Waals surface area contributed by atoms with Crippen LogP contribution in [0.15, 0.2) is 35.5 Å². The fraction of sp³-hybridized carbons (Fsp3) is 0.385. The Bertz CT molecular complexity index is 511. The first-order valence-corrected chi connectivity index (χ1v) is 7.16. The molecule has 5 heteroatoms. The van der Waals surface area contributed by atoms with Crippen LogP contribution in [-0.4, -0.2) is 20.9 Å². The molecule has 0 bridgehead atoms. The Morgan fingerprint density at radius 1 is 1.44 bits per heavy atom. The number of hydrogen-bond donors (Lipinski definition) is 2. The Morgan fingerprint density at radius 2 is 2.33 bits per heavy atom. The minimum atomic E-state index is 0.189. The predicted octanol–water partition coefficient (Wildman–Crippen LogP) is 2.69. The molecule has 18 heavy (non-hydrogen) atoms. The highest BCUT2D eigenvalue weighted by atomic mass is 32.2. The average molecular weight is 260 g/mol. The molecule has 4 nitrogen and oxygen atoms in total. The molecule has 0 amide bonds. The Hall–Kier alpha value is -1.33. The summed E-state index contributed by atoms with van der Waals surface area (Å²) in [6, 6.07) is 9.22. The Kier molecular flexibility index (Phi) is 3.34. The molecule has 0 radical (unpaired) electrons. The fourth-order valence-electron chi connectivity index (χ4n) is 2.32. The van der Waals surface area contributed by atoms with Gasteiger partial charge < -0.3 is 5.32 Å². The van der Waals surface area contributed by atoms with E-state index in [9.17, 15) is 0 Å². The van der Waals surface area contributed by atoms with Crippen LogP contribution in [0.3, 0.4) is 0 Å². The largest absolute Gasteiger partial charge is 0.301 e. The minimum absolute atomic E-state index is 0.189. The second-order valence-corrected chi connectivity index (χ2v) is 5.62. The van der Waals surface area contributed by atoms with Gasteiger partial charge in [0.05, 0.1) is 6.04 Å². The molecule has 1 aliphatic heterocycles. The molecule has 0 aliphatic carbocycles. The van der Waals surface area contributed by atoms with E-state index < -0.39 is 0 Å². The quantitative estimate of drug-likeness (QED) is 0.891. The van der Waals surface area contributed by atoms with Gasteiger partial charge in [0.15, 0.2) is 0 Å². The fourth-order valence-corrected chi connectivity index (χ4v) is 3.44. The van der Waals surface area contributed by atoms with Crippen molar-refractivity contribution in [2.24, 2.45) is 0 Å². The maximum absolute atomic E-state index is 4.20. The molecule has 3 rings (SSSR count). The zero-order valence-corrected chi connectivity index (χ0v) is 11.1. The number of fused-ring (bicyclic) bond motifs is 1. The van der Waals surface area contributed by atoms with Gasteiger partial charge in [0.1, 0.15) is 12.2 Å². The Balaban J connectivity index is 1.78. The molecular formula is C13H16N4S. The molecule has 2 aromatic rings. The van der Waals surface area contributed by atoms with Gasteiger partial charge in [0.25, 0.3) is 0 Å². The van der Waals surface area contributed by atoms with Crippen LogP contribution < -0.4 is 5.32 Å². The molecule has 1 aromatic carbocycles. The van der Waals surface area contributed by atoms with E-state index in [-0.39, 0.29) is 6.04 Å². The van der Waals surface area contributed by atoms with Crippen LogP contribution in [0.25, 0.3) is 0 Å². The lowest BCUT2D eigenvalue weighted by Crippen LogP contribution is -2.27. The summed E-state index contributed by atoms with van der Waals surface area (Å²) in [6.07, 6.45) is 2.71. The highest BCUT2D eigenvalue weighted by Crippen LogP contribution is 2.36. The number of aromatic amines is 1. The normalized spacial score (nSPS) is 20.4. The second kappa shape index (κ2) is 5.12. The molecule has 0 fully saturated rings. The summed E-state index contributed by atoms with van der Waals surface area (Å²) in [4.78, 5) is 5.60. The van der Waals surface area contributed by atoms with Gasteiger partial charge in [-0.3, -0.25) is 5.10 Å². The number of aromatic nitrogens is 3. The first kappa shape index (κ1) is 11.7. The molecule has 0 saturated heterocycles. The van der Waals surface area contributed by atoms with Gasteiger partial charge in [-0.05, 0) is 30.7 Å². The summed E-state index contributed by atoms with van der Waals surface area (Å²) in [5.74, 6) is 2.06. The lowest BCUT2D eigenvalue weighted by molar-refractivity contribution is 0.437. The van der Waals surface area contributed by atoms with E-state index in [0.29, 0.717) is 6.04 Å². The van der Waals surface area contributed by atoms with E-state index in [2.05, 4.69) is 51.7 Å². The van der Waals surface area contributed by atoms with Crippen molar-refractivity contribution in [1.82, 2.24) is 20.5 Å². The predicted molar refractivity (Wildman–Crippen MR) is 72.5 cm³/mol. The molecule has 0 spiro atoms. The first-order valence-electron chi connectivity index (χ1n) is 6.17. The lowest BCUT2D eigenvalue weighted by atomic mass is 10.0. The van der Waals surface area contributed by atoms with Crippen molar-refractivity contribution in [3.05, 3.63) is 42.0 Å². The standard InChI is InChI=1S/C13H16N4S/c1-9(13-14-8-15-17-13)16-11-6-7-18-12-5-3-2-4-10(11)12/h2-5,8-9,11,16H,6-7H2,1H3,(H,14,15,17). The van der Waals surface area contributed by atoms with E-state index >= 15 is 0 Å². The first-order chi connectivity index (χ1) is 8.84. The second-order valence-electron chi connectivity index (χ2n) is 4.49. The summed E-state index contributed by atoms with van der Waals surface area (Å²) < 4.78 is 0. The average Bonchev–Trinajstić information content (AvgIpc) is 2.93. The van der Waals surface area contributed by atoms with Crippen LogP contribution >= 0.6 is 11.8 Å². The van der Waals surface area contributed by atoms with Gasteiger partial charge in [-0.1, -0.05) is 18.2 Å².